The number of aliphatic hydroxyl groups excluding tert-OH is 1. The minimum Gasteiger partial charge on any atom is -0.388 e. The third-order valence-electron chi connectivity index (χ3n) is 3.49. The lowest BCUT2D eigenvalue weighted by Crippen LogP contribution is -2.48. The Hall–Kier alpha value is -1.80. The first-order valence-electron chi connectivity index (χ1n) is 6.83. The molecule has 1 aliphatic rings. The Balaban J connectivity index is 2.04. The second-order valence-corrected chi connectivity index (χ2v) is 4.96. The van der Waals surface area contributed by atoms with E-state index in [1.165, 1.54) is 17.0 Å². The van der Waals surface area contributed by atoms with Crippen LogP contribution >= 0.6 is 0 Å². The van der Waals surface area contributed by atoms with Crippen LogP contribution in [0.15, 0.2) is 24.3 Å². The van der Waals surface area contributed by atoms with Gasteiger partial charge in [0.15, 0.2) is 0 Å². The fourth-order valence-corrected chi connectivity index (χ4v) is 2.30. The number of aliphatic hydroxyl groups is 1. The smallest absolute Gasteiger partial charge is 0.388 e. The average molecular weight is 318 g/mol. The van der Waals surface area contributed by atoms with E-state index in [4.69, 9.17) is 4.74 Å². The molecule has 2 amide bonds. The van der Waals surface area contributed by atoms with Crippen LogP contribution in [0.2, 0.25) is 0 Å². The number of carbonyl (C=O) groups excluding carboxylic acids is 1. The number of amides is 2. The van der Waals surface area contributed by atoms with Crippen molar-refractivity contribution < 1.29 is 27.8 Å². The molecule has 2 N–H and O–H groups in total. The highest BCUT2D eigenvalue weighted by molar-refractivity contribution is 5.89. The van der Waals surface area contributed by atoms with E-state index in [0.29, 0.717) is 6.54 Å². The molecule has 0 aliphatic carbocycles. The summed E-state index contributed by atoms with van der Waals surface area (Å²) in [5.41, 5.74) is -0.526. The maximum atomic E-state index is 12.5. The Bertz CT molecular complexity index is 519. The molecule has 1 aliphatic heterocycles. The summed E-state index contributed by atoms with van der Waals surface area (Å²) in [5.74, 6) is 0. The van der Waals surface area contributed by atoms with Gasteiger partial charge in [0.1, 0.15) is 0 Å². The number of hydrogen-bond donors (Lipinski definition) is 2. The summed E-state index contributed by atoms with van der Waals surface area (Å²) in [5, 5.41) is 12.3. The van der Waals surface area contributed by atoms with E-state index in [2.05, 4.69) is 5.32 Å². The topological polar surface area (TPSA) is 61.8 Å². The van der Waals surface area contributed by atoms with Gasteiger partial charge in [-0.2, -0.15) is 13.2 Å². The average Bonchev–Trinajstić information content (AvgIpc) is 2.85. The molecule has 1 aromatic rings. The van der Waals surface area contributed by atoms with Gasteiger partial charge in [-0.25, -0.2) is 4.79 Å². The van der Waals surface area contributed by atoms with Crippen LogP contribution in [0.4, 0.5) is 23.7 Å². The maximum Gasteiger partial charge on any atom is 0.416 e. The van der Waals surface area contributed by atoms with Gasteiger partial charge in [-0.1, -0.05) is 0 Å². The van der Waals surface area contributed by atoms with Crippen molar-refractivity contribution in [3.8, 4) is 0 Å². The first-order chi connectivity index (χ1) is 10.3. The van der Waals surface area contributed by atoms with Crippen molar-refractivity contribution in [2.75, 3.05) is 25.1 Å². The first kappa shape index (κ1) is 16.6. The van der Waals surface area contributed by atoms with Crippen molar-refractivity contribution in [2.24, 2.45) is 0 Å². The molecule has 0 aromatic heterocycles. The van der Waals surface area contributed by atoms with Gasteiger partial charge in [-0.3, -0.25) is 0 Å². The molecular weight excluding hydrogens is 301 g/mol. The largest absolute Gasteiger partial charge is 0.416 e. The van der Waals surface area contributed by atoms with Crippen molar-refractivity contribution in [1.82, 2.24) is 4.90 Å². The minimum atomic E-state index is -4.41. The fraction of sp³-hybridized carbons (Fsp3) is 0.500. The zero-order valence-corrected chi connectivity index (χ0v) is 11.9. The lowest BCUT2D eigenvalue weighted by atomic mass is 10.2. The lowest BCUT2D eigenvalue weighted by molar-refractivity contribution is -0.137. The normalized spacial score (nSPS) is 21.7. The lowest BCUT2D eigenvalue weighted by Gasteiger charge is -2.28. The number of alkyl halides is 3. The third-order valence-corrected chi connectivity index (χ3v) is 3.49. The van der Waals surface area contributed by atoms with Gasteiger partial charge in [0.05, 0.1) is 30.9 Å². The number of benzene rings is 1. The summed E-state index contributed by atoms with van der Waals surface area (Å²) < 4.78 is 42.5. The molecule has 1 saturated heterocycles. The number of rotatable bonds is 3. The Labute approximate surface area is 125 Å². The second kappa shape index (κ2) is 6.53. The van der Waals surface area contributed by atoms with Crippen molar-refractivity contribution in [1.29, 1.82) is 0 Å². The second-order valence-electron chi connectivity index (χ2n) is 4.96. The SMILES string of the molecule is CCN(C(=O)Nc1ccc(C(F)(F)F)cc1)[C@H]1COC[C@@H]1O. The molecule has 2 atom stereocenters. The Kier molecular flexibility index (Phi) is 4.92. The van der Waals surface area contributed by atoms with Gasteiger partial charge in [0.25, 0.3) is 0 Å². The van der Waals surface area contributed by atoms with Crippen molar-refractivity contribution in [3.63, 3.8) is 0 Å². The van der Waals surface area contributed by atoms with Crippen LogP contribution < -0.4 is 5.32 Å². The van der Waals surface area contributed by atoms with Crippen LogP contribution in [0, 0.1) is 0 Å². The molecule has 122 valence electrons. The molecule has 22 heavy (non-hydrogen) atoms. The summed E-state index contributed by atoms with van der Waals surface area (Å²) in [6.07, 6.45) is -5.18. The summed E-state index contributed by atoms with van der Waals surface area (Å²) in [6, 6.07) is 3.24. The molecule has 0 spiro atoms. The van der Waals surface area contributed by atoms with Crippen LogP contribution in [0.25, 0.3) is 0 Å². The number of likely N-dealkylation sites (N-methyl/N-ethyl adjacent to an activating group) is 1. The van der Waals surface area contributed by atoms with Gasteiger partial charge >= 0.3 is 12.2 Å². The molecule has 1 heterocycles. The molecule has 0 unspecified atom stereocenters. The highest BCUT2D eigenvalue weighted by Crippen LogP contribution is 2.29. The Morgan fingerprint density at radius 3 is 2.45 bits per heavy atom. The summed E-state index contributed by atoms with van der Waals surface area (Å²) in [6.45, 7) is 2.49. The fourth-order valence-electron chi connectivity index (χ4n) is 2.30. The summed E-state index contributed by atoms with van der Waals surface area (Å²) in [7, 11) is 0. The third kappa shape index (κ3) is 3.69. The number of urea groups is 1. The van der Waals surface area contributed by atoms with Crippen molar-refractivity contribution in [3.05, 3.63) is 29.8 Å². The van der Waals surface area contributed by atoms with Gasteiger partial charge < -0.3 is 20.1 Å². The van der Waals surface area contributed by atoms with Crippen LogP contribution in [0.5, 0.6) is 0 Å². The predicted molar refractivity (Wildman–Crippen MR) is 73.5 cm³/mol. The number of halogens is 3. The highest BCUT2D eigenvalue weighted by atomic mass is 19.4. The quantitative estimate of drug-likeness (QED) is 0.899. The van der Waals surface area contributed by atoms with E-state index in [1.54, 1.807) is 6.92 Å². The Morgan fingerprint density at radius 2 is 2.00 bits per heavy atom. The van der Waals surface area contributed by atoms with Gasteiger partial charge in [0.2, 0.25) is 0 Å². The molecule has 0 saturated carbocycles. The molecule has 8 heteroatoms. The minimum absolute atomic E-state index is 0.161. The molecule has 1 fully saturated rings. The molecule has 1 aromatic carbocycles. The van der Waals surface area contributed by atoms with E-state index in [9.17, 15) is 23.1 Å². The van der Waals surface area contributed by atoms with Crippen LogP contribution in [-0.2, 0) is 10.9 Å². The molecule has 0 bridgehead atoms. The maximum absolute atomic E-state index is 12.5. The summed E-state index contributed by atoms with van der Waals surface area (Å²) in [4.78, 5) is 13.6. The number of carbonyl (C=O) groups is 1. The molecular formula is C14H17F3N2O3. The molecule has 2 rings (SSSR count). The van der Waals surface area contributed by atoms with E-state index >= 15 is 0 Å². The van der Waals surface area contributed by atoms with Crippen molar-refractivity contribution >= 4 is 11.7 Å². The molecule has 0 radical (unpaired) electrons. The first-order valence-corrected chi connectivity index (χ1v) is 6.83. The van der Waals surface area contributed by atoms with Crippen LogP contribution in [0.3, 0.4) is 0 Å². The van der Waals surface area contributed by atoms with E-state index < -0.39 is 29.9 Å². The molecule has 5 nitrogen and oxygen atoms in total. The van der Waals surface area contributed by atoms with Crippen molar-refractivity contribution in [2.45, 2.75) is 25.2 Å². The monoisotopic (exact) mass is 318 g/mol. The zero-order chi connectivity index (χ0) is 16.3. The summed E-state index contributed by atoms with van der Waals surface area (Å²) >= 11 is 0. The predicted octanol–water partition coefficient (Wildman–Crippen LogP) is 2.32. The van der Waals surface area contributed by atoms with Crippen LogP contribution in [0.1, 0.15) is 12.5 Å². The number of nitrogens with one attached hydrogen (secondary N) is 1. The van der Waals surface area contributed by atoms with E-state index in [0.717, 1.165) is 12.1 Å². The number of hydrogen-bond acceptors (Lipinski definition) is 3. The van der Waals surface area contributed by atoms with E-state index in [-0.39, 0.29) is 18.9 Å². The standard InChI is InChI=1S/C14H17F3N2O3/c1-2-19(11-7-22-8-12(11)20)13(21)18-10-5-3-9(4-6-10)14(15,16)17/h3-6,11-12,20H,2,7-8H2,1H3,(H,18,21)/t11-,12-/m0/s1. The van der Waals surface area contributed by atoms with Gasteiger partial charge in [0, 0.05) is 12.2 Å². The number of nitrogens with zero attached hydrogens (tertiary/aromatic N) is 1. The van der Waals surface area contributed by atoms with Crippen LogP contribution in [-0.4, -0.2) is 47.9 Å². The van der Waals surface area contributed by atoms with E-state index in [1.807, 2.05) is 0 Å². The van der Waals surface area contributed by atoms with Gasteiger partial charge in [-0.15, -0.1) is 0 Å². The zero-order valence-electron chi connectivity index (χ0n) is 11.9. The number of anilines is 1. The highest BCUT2D eigenvalue weighted by Gasteiger charge is 2.34. The van der Waals surface area contributed by atoms with Gasteiger partial charge in [-0.05, 0) is 31.2 Å². The number of ether oxygens (including phenoxy) is 1. The Morgan fingerprint density at radius 1 is 1.36 bits per heavy atom.